The van der Waals surface area contributed by atoms with Crippen molar-refractivity contribution in [2.24, 2.45) is 0 Å². The maximum Gasteiger partial charge on any atom is 0.165 e. The summed E-state index contributed by atoms with van der Waals surface area (Å²) in [6, 6.07) is 5.15. The van der Waals surface area contributed by atoms with Gasteiger partial charge in [-0.1, -0.05) is 29.3 Å². The summed E-state index contributed by atoms with van der Waals surface area (Å²) in [5.74, 6) is 0.0247. The zero-order valence-electron chi connectivity index (χ0n) is 11.6. The Kier molecular flexibility index (Phi) is 5.85. The van der Waals surface area contributed by atoms with Crippen molar-refractivity contribution in [1.82, 2.24) is 4.90 Å². The molecule has 3 nitrogen and oxygen atoms in total. The van der Waals surface area contributed by atoms with Crippen molar-refractivity contribution in [2.45, 2.75) is 25.4 Å². The Morgan fingerprint density at radius 2 is 2.25 bits per heavy atom. The van der Waals surface area contributed by atoms with E-state index < -0.39 is 0 Å². The van der Waals surface area contributed by atoms with E-state index >= 15 is 0 Å². The highest BCUT2D eigenvalue weighted by molar-refractivity contribution is 6.43. The van der Waals surface area contributed by atoms with Crippen LogP contribution in [0.3, 0.4) is 0 Å². The van der Waals surface area contributed by atoms with Crippen molar-refractivity contribution in [3.63, 3.8) is 0 Å². The molecule has 1 unspecified atom stereocenters. The maximum absolute atomic E-state index is 12.2. The van der Waals surface area contributed by atoms with Gasteiger partial charge in [-0.05, 0) is 32.0 Å². The first-order chi connectivity index (χ1) is 9.58. The van der Waals surface area contributed by atoms with Crippen molar-refractivity contribution in [3.05, 3.63) is 33.8 Å². The molecule has 1 heterocycles. The Bertz CT molecular complexity index is 473. The van der Waals surface area contributed by atoms with Crippen LogP contribution in [0.15, 0.2) is 18.2 Å². The number of rotatable bonds is 6. The summed E-state index contributed by atoms with van der Waals surface area (Å²) in [6.45, 7) is 2.42. The smallest absolute Gasteiger partial charge is 0.165 e. The van der Waals surface area contributed by atoms with Gasteiger partial charge in [0.15, 0.2) is 5.78 Å². The minimum Gasteiger partial charge on any atom is -0.377 e. The molecule has 20 heavy (non-hydrogen) atoms. The molecule has 1 aromatic rings. The minimum atomic E-state index is 0.0247. The molecule has 0 N–H and O–H groups in total. The number of carbonyl (C=O) groups is 1. The second kappa shape index (κ2) is 7.41. The van der Waals surface area contributed by atoms with E-state index in [1.165, 1.54) is 0 Å². The minimum absolute atomic E-state index is 0.0247. The van der Waals surface area contributed by atoms with Crippen LogP contribution >= 0.6 is 23.2 Å². The van der Waals surface area contributed by atoms with Crippen LogP contribution in [0.5, 0.6) is 0 Å². The molecule has 0 bridgehead atoms. The summed E-state index contributed by atoms with van der Waals surface area (Å²) >= 11 is 12.0. The van der Waals surface area contributed by atoms with Gasteiger partial charge in [0.2, 0.25) is 0 Å². The van der Waals surface area contributed by atoms with Gasteiger partial charge in [0.05, 0.1) is 16.1 Å². The summed E-state index contributed by atoms with van der Waals surface area (Å²) in [7, 11) is 2.01. The van der Waals surface area contributed by atoms with Gasteiger partial charge in [-0.3, -0.25) is 4.79 Å². The Labute approximate surface area is 129 Å². The molecule has 5 heteroatoms. The van der Waals surface area contributed by atoms with Crippen LogP contribution in [-0.4, -0.2) is 43.5 Å². The SMILES string of the molecule is CN(CCC(=O)c1cccc(Cl)c1Cl)CC1CCCO1. The lowest BCUT2D eigenvalue weighted by Gasteiger charge is -2.20. The predicted octanol–water partition coefficient (Wildman–Crippen LogP) is 3.68. The van der Waals surface area contributed by atoms with Crippen molar-refractivity contribution in [1.29, 1.82) is 0 Å². The van der Waals surface area contributed by atoms with Crippen LogP contribution in [0.25, 0.3) is 0 Å². The Balaban J connectivity index is 1.83. The molecule has 0 spiro atoms. The van der Waals surface area contributed by atoms with E-state index in [2.05, 4.69) is 4.90 Å². The van der Waals surface area contributed by atoms with E-state index in [0.29, 0.717) is 34.7 Å². The number of nitrogens with zero attached hydrogens (tertiary/aromatic N) is 1. The number of ketones is 1. The molecule has 0 amide bonds. The van der Waals surface area contributed by atoms with Gasteiger partial charge in [-0.25, -0.2) is 0 Å². The molecule has 1 aliphatic rings. The Morgan fingerprint density at radius 1 is 1.45 bits per heavy atom. The third-order valence-electron chi connectivity index (χ3n) is 3.51. The van der Waals surface area contributed by atoms with Gasteiger partial charge in [0.1, 0.15) is 0 Å². The van der Waals surface area contributed by atoms with Gasteiger partial charge in [0.25, 0.3) is 0 Å². The number of hydrogen-bond donors (Lipinski definition) is 0. The molecule has 1 aromatic carbocycles. The number of carbonyl (C=O) groups excluding carboxylic acids is 1. The van der Waals surface area contributed by atoms with E-state index in [-0.39, 0.29) is 5.78 Å². The topological polar surface area (TPSA) is 29.5 Å². The lowest BCUT2D eigenvalue weighted by Crippen LogP contribution is -2.30. The molecule has 0 aliphatic carbocycles. The number of halogens is 2. The van der Waals surface area contributed by atoms with Crippen LogP contribution < -0.4 is 0 Å². The highest BCUT2D eigenvalue weighted by atomic mass is 35.5. The molecular formula is C15H19Cl2NO2. The molecule has 1 fully saturated rings. The van der Waals surface area contributed by atoms with Crippen molar-refractivity contribution < 1.29 is 9.53 Å². The predicted molar refractivity (Wildman–Crippen MR) is 81.9 cm³/mol. The van der Waals surface area contributed by atoms with Crippen LogP contribution in [0.4, 0.5) is 0 Å². The largest absolute Gasteiger partial charge is 0.377 e. The average Bonchev–Trinajstić information content (AvgIpc) is 2.92. The quantitative estimate of drug-likeness (QED) is 0.750. The fourth-order valence-electron chi connectivity index (χ4n) is 2.37. The third kappa shape index (κ3) is 4.19. The second-order valence-electron chi connectivity index (χ2n) is 5.17. The van der Waals surface area contributed by atoms with E-state index in [9.17, 15) is 4.79 Å². The Hall–Kier alpha value is -0.610. The van der Waals surface area contributed by atoms with Gasteiger partial charge in [-0.15, -0.1) is 0 Å². The summed E-state index contributed by atoms with van der Waals surface area (Å²) in [5, 5.41) is 0.770. The number of likely N-dealkylation sites (N-methyl/N-ethyl adjacent to an activating group) is 1. The molecule has 2 rings (SSSR count). The molecule has 1 atom stereocenters. The van der Waals surface area contributed by atoms with Crippen LogP contribution in [0.1, 0.15) is 29.6 Å². The van der Waals surface area contributed by atoms with Crippen molar-refractivity contribution in [3.8, 4) is 0 Å². The molecule has 0 radical (unpaired) electrons. The number of hydrogen-bond acceptors (Lipinski definition) is 3. The summed E-state index contributed by atoms with van der Waals surface area (Å²) in [5.41, 5.74) is 0.504. The number of benzene rings is 1. The van der Waals surface area contributed by atoms with E-state index in [0.717, 1.165) is 26.0 Å². The first kappa shape index (κ1) is 15.8. The maximum atomic E-state index is 12.2. The van der Waals surface area contributed by atoms with E-state index in [1.54, 1.807) is 18.2 Å². The average molecular weight is 316 g/mol. The van der Waals surface area contributed by atoms with Crippen LogP contribution in [0, 0.1) is 0 Å². The van der Waals surface area contributed by atoms with Crippen LogP contribution in [0.2, 0.25) is 10.0 Å². The molecular weight excluding hydrogens is 297 g/mol. The normalized spacial score (nSPS) is 18.7. The van der Waals surface area contributed by atoms with Crippen molar-refractivity contribution >= 4 is 29.0 Å². The molecule has 110 valence electrons. The summed E-state index contributed by atoms with van der Waals surface area (Å²) < 4.78 is 5.58. The molecule has 1 aliphatic heterocycles. The standard InChI is InChI=1S/C15H19Cl2NO2/c1-18(10-11-4-3-9-20-11)8-7-14(19)12-5-2-6-13(16)15(12)17/h2,5-6,11H,3-4,7-10H2,1H3. The number of Topliss-reactive ketones (excluding diaryl/α,β-unsaturated/α-hetero) is 1. The zero-order chi connectivity index (χ0) is 14.5. The van der Waals surface area contributed by atoms with Gasteiger partial charge < -0.3 is 9.64 Å². The highest BCUT2D eigenvalue weighted by Gasteiger charge is 2.18. The molecule has 0 aromatic heterocycles. The highest BCUT2D eigenvalue weighted by Crippen LogP contribution is 2.26. The van der Waals surface area contributed by atoms with Crippen LogP contribution in [-0.2, 0) is 4.74 Å². The summed E-state index contributed by atoms with van der Waals surface area (Å²) in [4.78, 5) is 14.3. The lowest BCUT2D eigenvalue weighted by molar-refractivity contribution is 0.0778. The van der Waals surface area contributed by atoms with Gasteiger partial charge in [-0.2, -0.15) is 0 Å². The third-order valence-corrected chi connectivity index (χ3v) is 4.33. The molecule has 1 saturated heterocycles. The fraction of sp³-hybridized carbons (Fsp3) is 0.533. The summed E-state index contributed by atoms with van der Waals surface area (Å²) in [6.07, 6.45) is 2.99. The second-order valence-corrected chi connectivity index (χ2v) is 5.96. The van der Waals surface area contributed by atoms with Gasteiger partial charge >= 0.3 is 0 Å². The van der Waals surface area contributed by atoms with Crippen molar-refractivity contribution in [2.75, 3.05) is 26.7 Å². The number of ether oxygens (including phenoxy) is 1. The molecule has 0 saturated carbocycles. The van der Waals surface area contributed by atoms with E-state index in [1.807, 2.05) is 7.05 Å². The monoisotopic (exact) mass is 315 g/mol. The Morgan fingerprint density at radius 3 is 2.95 bits per heavy atom. The first-order valence-electron chi connectivity index (χ1n) is 6.85. The fourth-order valence-corrected chi connectivity index (χ4v) is 2.78. The first-order valence-corrected chi connectivity index (χ1v) is 7.61. The lowest BCUT2D eigenvalue weighted by atomic mass is 10.1. The zero-order valence-corrected chi connectivity index (χ0v) is 13.1. The van der Waals surface area contributed by atoms with E-state index in [4.69, 9.17) is 27.9 Å². The van der Waals surface area contributed by atoms with Gasteiger partial charge in [0, 0.05) is 31.7 Å².